The summed E-state index contributed by atoms with van der Waals surface area (Å²) in [6, 6.07) is 20.0. The van der Waals surface area contributed by atoms with Crippen LogP contribution >= 0.6 is 44.1 Å². The van der Waals surface area contributed by atoms with Crippen LogP contribution in [0.5, 0.6) is 11.5 Å². The van der Waals surface area contributed by atoms with Crippen molar-refractivity contribution in [2.24, 2.45) is 0 Å². The molecule has 1 heterocycles. The molecule has 0 bridgehead atoms. The molecule has 0 radical (unpaired) electrons. The van der Waals surface area contributed by atoms with Crippen molar-refractivity contribution < 1.29 is 19.1 Å². The lowest BCUT2D eigenvalue weighted by Gasteiger charge is -2.29. The molecule has 178 valence electrons. The van der Waals surface area contributed by atoms with Crippen LogP contribution in [0.25, 0.3) is 6.08 Å². The number of carbonyl (C=O) groups is 2. The molecule has 2 amide bonds. The molecule has 0 spiro atoms. The monoisotopic (exact) mass is 614 g/mol. The number of ether oxygens (including phenoxy) is 2. The topological polar surface area (TPSA) is 67.9 Å². The summed E-state index contributed by atoms with van der Waals surface area (Å²) in [7, 11) is 0. The predicted octanol–water partition coefficient (Wildman–Crippen LogP) is 6.02. The lowest BCUT2D eigenvalue weighted by molar-refractivity contribution is -0.122. The van der Waals surface area contributed by atoms with Crippen molar-refractivity contribution in [3.63, 3.8) is 0 Å². The molecular weight excluding hydrogens is 596 g/mol. The zero-order chi connectivity index (χ0) is 24.9. The van der Waals surface area contributed by atoms with Gasteiger partial charge >= 0.3 is 0 Å². The van der Waals surface area contributed by atoms with E-state index in [2.05, 4.69) is 37.2 Å². The van der Waals surface area contributed by atoms with Crippen molar-refractivity contribution in [2.75, 3.05) is 11.5 Å². The second-order valence-electron chi connectivity index (χ2n) is 7.48. The average Bonchev–Trinajstić information content (AvgIpc) is 2.83. The number of halogens is 2. The summed E-state index contributed by atoms with van der Waals surface area (Å²) in [5.41, 5.74) is 2.21. The van der Waals surface area contributed by atoms with E-state index in [0.29, 0.717) is 36.0 Å². The number of amides is 2. The maximum absolute atomic E-state index is 13.2. The van der Waals surface area contributed by atoms with Crippen molar-refractivity contribution in [3.05, 3.63) is 92.4 Å². The largest absolute Gasteiger partial charge is 0.494 e. The minimum absolute atomic E-state index is 0.0139. The highest BCUT2D eigenvalue weighted by molar-refractivity contribution is 9.11. The zero-order valence-electron chi connectivity index (χ0n) is 18.6. The van der Waals surface area contributed by atoms with E-state index >= 15 is 0 Å². The van der Waals surface area contributed by atoms with Crippen LogP contribution in [-0.2, 0) is 16.2 Å². The van der Waals surface area contributed by atoms with E-state index in [4.69, 9.17) is 21.7 Å². The van der Waals surface area contributed by atoms with Gasteiger partial charge in [-0.1, -0.05) is 50.1 Å². The van der Waals surface area contributed by atoms with E-state index in [0.717, 1.165) is 14.5 Å². The Bertz CT molecular complexity index is 1310. The van der Waals surface area contributed by atoms with Crippen molar-refractivity contribution in [1.29, 1.82) is 0 Å². The molecule has 4 rings (SSSR count). The second-order valence-corrected chi connectivity index (χ2v) is 9.63. The van der Waals surface area contributed by atoms with Gasteiger partial charge in [-0.3, -0.25) is 19.8 Å². The van der Waals surface area contributed by atoms with E-state index in [1.807, 2.05) is 25.1 Å². The SMILES string of the molecule is CCOc1ccc(N2C(=O)/C(=C/c3ccc(OCc4ccc(Br)cc4Br)cc3)C(=O)NC2=S)cc1. The van der Waals surface area contributed by atoms with Crippen LogP contribution in [0.1, 0.15) is 18.1 Å². The highest BCUT2D eigenvalue weighted by Gasteiger charge is 2.34. The smallest absolute Gasteiger partial charge is 0.270 e. The third-order valence-electron chi connectivity index (χ3n) is 5.11. The van der Waals surface area contributed by atoms with Gasteiger partial charge in [0.25, 0.3) is 11.8 Å². The maximum atomic E-state index is 13.2. The van der Waals surface area contributed by atoms with Gasteiger partial charge in [0.15, 0.2) is 5.11 Å². The third-order valence-corrected chi connectivity index (χ3v) is 6.62. The van der Waals surface area contributed by atoms with E-state index in [1.165, 1.54) is 11.0 Å². The van der Waals surface area contributed by atoms with Gasteiger partial charge in [0.2, 0.25) is 0 Å². The summed E-state index contributed by atoms with van der Waals surface area (Å²) in [5.74, 6) is 0.311. The number of hydrogen-bond acceptors (Lipinski definition) is 5. The summed E-state index contributed by atoms with van der Waals surface area (Å²) in [6.07, 6.45) is 1.54. The molecule has 1 aliphatic rings. The van der Waals surface area contributed by atoms with Gasteiger partial charge in [-0.05, 0) is 79.3 Å². The minimum Gasteiger partial charge on any atom is -0.494 e. The average molecular weight is 616 g/mol. The molecule has 6 nitrogen and oxygen atoms in total. The first-order chi connectivity index (χ1) is 16.9. The van der Waals surface area contributed by atoms with Gasteiger partial charge in [-0.15, -0.1) is 0 Å². The molecule has 0 saturated carbocycles. The number of thiocarbonyl (C=S) groups is 1. The quantitative estimate of drug-likeness (QED) is 0.200. The molecule has 3 aromatic rings. The summed E-state index contributed by atoms with van der Waals surface area (Å²) in [5, 5.41) is 2.62. The van der Waals surface area contributed by atoms with Gasteiger partial charge in [0.05, 0.1) is 12.3 Å². The number of hydrogen-bond donors (Lipinski definition) is 1. The number of benzene rings is 3. The Kier molecular flexibility index (Phi) is 8.00. The lowest BCUT2D eigenvalue weighted by Crippen LogP contribution is -2.54. The normalized spacial score (nSPS) is 14.8. The van der Waals surface area contributed by atoms with Gasteiger partial charge in [0, 0.05) is 14.5 Å². The van der Waals surface area contributed by atoms with Gasteiger partial charge < -0.3 is 9.47 Å². The highest BCUT2D eigenvalue weighted by Crippen LogP contribution is 2.26. The Morgan fingerprint density at radius 3 is 2.26 bits per heavy atom. The second kappa shape index (κ2) is 11.2. The minimum atomic E-state index is -0.539. The molecule has 1 saturated heterocycles. The van der Waals surface area contributed by atoms with Crippen LogP contribution in [0.15, 0.2) is 81.2 Å². The Morgan fingerprint density at radius 1 is 0.943 bits per heavy atom. The Labute approximate surface area is 225 Å². The molecule has 0 aromatic heterocycles. The number of nitrogens with zero attached hydrogens (tertiary/aromatic N) is 1. The van der Waals surface area contributed by atoms with Gasteiger partial charge in [-0.25, -0.2) is 0 Å². The standard InChI is InChI=1S/C26H20Br2N2O4S/c1-2-33-20-11-7-19(8-12-20)30-25(32)22(24(31)29-26(30)35)13-16-3-9-21(10-4-16)34-15-17-5-6-18(27)14-23(17)28/h3-14H,2,15H2,1H3,(H,29,31,35)/b22-13+. The van der Waals surface area contributed by atoms with E-state index < -0.39 is 11.8 Å². The number of rotatable bonds is 7. The molecule has 9 heteroatoms. The van der Waals surface area contributed by atoms with Crippen LogP contribution in [-0.4, -0.2) is 23.5 Å². The molecule has 1 fully saturated rings. The summed E-state index contributed by atoms with van der Waals surface area (Å²) < 4.78 is 13.2. The molecule has 1 aliphatic heterocycles. The predicted molar refractivity (Wildman–Crippen MR) is 146 cm³/mol. The summed E-state index contributed by atoms with van der Waals surface area (Å²) >= 11 is 12.2. The van der Waals surface area contributed by atoms with Crippen molar-refractivity contribution >= 4 is 72.8 Å². The lowest BCUT2D eigenvalue weighted by atomic mass is 10.1. The Balaban J connectivity index is 1.49. The zero-order valence-corrected chi connectivity index (χ0v) is 22.6. The van der Waals surface area contributed by atoms with E-state index in [-0.39, 0.29) is 10.7 Å². The summed E-state index contributed by atoms with van der Waals surface area (Å²) in [6.45, 7) is 2.82. The van der Waals surface area contributed by atoms with Crippen LogP contribution in [0.4, 0.5) is 5.69 Å². The molecule has 35 heavy (non-hydrogen) atoms. The number of anilines is 1. The van der Waals surface area contributed by atoms with Gasteiger partial charge in [-0.2, -0.15) is 0 Å². The molecule has 0 atom stereocenters. The fourth-order valence-corrected chi connectivity index (χ4v) is 4.82. The highest BCUT2D eigenvalue weighted by atomic mass is 79.9. The molecule has 3 aromatic carbocycles. The van der Waals surface area contributed by atoms with Crippen LogP contribution in [0, 0.1) is 0 Å². The fraction of sp³-hybridized carbons (Fsp3) is 0.115. The fourth-order valence-electron chi connectivity index (χ4n) is 3.38. The third kappa shape index (κ3) is 5.98. The Hall–Kier alpha value is -3.01. The van der Waals surface area contributed by atoms with Crippen molar-refractivity contribution in [3.8, 4) is 11.5 Å². The van der Waals surface area contributed by atoms with Crippen LogP contribution in [0.2, 0.25) is 0 Å². The van der Waals surface area contributed by atoms with E-state index in [9.17, 15) is 9.59 Å². The molecule has 0 aliphatic carbocycles. The molecule has 0 unspecified atom stereocenters. The van der Waals surface area contributed by atoms with E-state index in [1.54, 1.807) is 48.5 Å². The van der Waals surface area contributed by atoms with Crippen LogP contribution < -0.4 is 19.7 Å². The first-order valence-electron chi connectivity index (χ1n) is 10.7. The van der Waals surface area contributed by atoms with Crippen molar-refractivity contribution in [2.45, 2.75) is 13.5 Å². The first-order valence-corrected chi connectivity index (χ1v) is 12.7. The van der Waals surface area contributed by atoms with Crippen LogP contribution in [0.3, 0.4) is 0 Å². The van der Waals surface area contributed by atoms with Gasteiger partial charge in [0.1, 0.15) is 23.7 Å². The molecule has 1 N–H and O–H groups in total. The maximum Gasteiger partial charge on any atom is 0.270 e. The molecular formula is C26H20Br2N2O4S. The summed E-state index contributed by atoms with van der Waals surface area (Å²) in [4.78, 5) is 27.0. The first kappa shape index (κ1) is 25.1. The number of carbonyl (C=O) groups excluding carboxylic acids is 2. The van der Waals surface area contributed by atoms with Crippen molar-refractivity contribution in [1.82, 2.24) is 5.32 Å². The Morgan fingerprint density at radius 2 is 1.60 bits per heavy atom. The number of nitrogens with one attached hydrogen (secondary N) is 1.